The summed E-state index contributed by atoms with van der Waals surface area (Å²) in [7, 11) is 0. The number of nitrogens with zero attached hydrogens (tertiary/aromatic N) is 2. The summed E-state index contributed by atoms with van der Waals surface area (Å²) in [5.74, 6) is -0.0607. The van der Waals surface area contributed by atoms with Crippen molar-refractivity contribution in [1.82, 2.24) is 14.9 Å². The van der Waals surface area contributed by atoms with Crippen LogP contribution in [0.2, 0.25) is 0 Å². The molecule has 3 aromatic heterocycles. The molecule has 1 N–H and O–H groups in total. The molecule has 0 aliphatic heterocycles. The second-order valence-electron chi connectivity index (χ2n) is 7.97. The molecule has 0 radical (unpaired) electrons. The van der Waals surface area contributed by atoms with Crippen molar-refractivity contribution in [3.8, 4) is 5.69 Å². The Morgan fingerprint density at radius 3 is 2.88 bits per heavy atom. The van der Waals surface area contributed by atoms with Gasteiger partial charge in [0.15, 0.2) is 5.16 Å². The van der Waals surface area contributed by atoms with Gasteiger partial charge in [0.1, 0.15) is 16.4 Å². The third-order valence-corrected chi connectivity index (χ3v) is 7.86. The molecular weight excluding hydrogens is 461 g/mol. The molecule has 1 amide bonds. The lowest BCUT2D eigenvalue weighted by Crippen LogP contribution is -2.29. The highest BCUT2D eigenvalue weighted by Gasteiger charge is 2.24. The second-order valence-corrected chi connectivity index (χ2v) is 10.00. The Morgan fingerprint density at radius 2 is 2.09 bits per heavy atom. The van der Waals surface area contributed by atoms with Crippen molar-refractivity contribution in [2.24, 2.45) is 0 Å². The summed E-state index contributed by atoms with van der Waals surface area (Å²) >= 11 is 2.66. The normalized spacial score (nSPS) is 14.2. The Morgan fingerprint density at radius 1 is 1.27 bits per heavy atom. The van der Waals surface area contributed by atoms with E-state index in [0.717, 1.165) is 43.0 Å². The van der Waals surface area contributed by atoms with Gasteiger partial charge in [-0.2, -0.15) is 0 Å². The Kier molecular flexibility index (Phi) is 6.07. The molecular formula is C24H22FN3O3S2. The number of aryl methyl sites for hydroxylation is 2. The maximum Gasteiger partial charge on any atom is 0.267 e. The fourth-order valence-electron chi connectivity index (χ4n) is 4.15. The molecule has 3 heterocycles. The summed E-state index contributed by atoms with van der Waals surface area (Å²) in [4.78, 5) is 32.8. The standard InChI is InChI=1S/C24H22FN3O3S2/c1-14(18-10-6-12-31-18)26-20(29)13-32-24-27-22-21(15-7-2-5-11-19(15)33-22)23(30)28(24)17-9-4-3-8-16(17)25/h3-4,6,8-10,12,14H,2,5,7,11,13H2,1H3,(H,26,29). The highest BCUT2D eigenvalue weighted by atomic mass is 32.2. The van der Waals surface area contributed by atoms with E-state index in [9.17, 15) is 14.0 Å². The number of thiophene rings is 1. The van der Waals surface area contributed by atoms with Gasteiger partial charge in [0.2, 0.25) is 5.91 Å². The number of carbonyl (C=O) groups is 1. The third-order valence-electron chi connectivity index (χ3n) is 5.73. The average Bonchev–Trinajstić information content (AvgIpc) is 3.47. The van der Waals surface area contributed by atoms with E-state index in [1.807, 2.05) is 6.92 Å². The lowest BCUT2D eigenvalue weighted by Gasteiger charge is -2.15. The molecule has 1 aliphatic rings. The Hall–Kier alpha value is -2.91. The van der Waals surface area contributed by atoms with Gasteiger partial charge in [0, 0.05) is 4.88 Å². The number of furan rings is 1. The number of hydrogen-bond donors (Lipinski definition) is 1. The minimum absolute atomic E-state index is 0.0303. The average molecular weight is 484 g/mol. The van der Waals surface area contributed by atoms with Crippen LogP contribution in [0.5, 0.6) is 0 Å². The molecule has 0 saturated carbocycles. The van der Waals surface area contributed by atoms with Gasteiger partial charge in [-0.1, -0.05) is 23.9 Å². The van der Waals surface area contributed by atoms with Crippen molar-refractivity contribution in [3.05, 3.63) is 75.0 Å². The van der Waals surface area contributed by atoms with Crippen molar-refractivity contribution >= 4 is 39.2 Å². The molecule has 170 valence electrons. The molecule has 0 saturated heterocycles. The molecule has 9 heteroatoms. The first-order valence-electron chi connectivity index (χ1n) is 10.8. The first-order valence-corrected chi connectivity index (χ1v) is 12.6. The minimum atomic E-state index is -0.511. The molecule has 1 aromatic carbocycles. The first-order chi connectivity index (χ1) is 16.0. The van der Waals surface area contributed by atoms with Crippen LogP contribution in [0.25, 0.3) is 15.9 Å². The number of carbonyl (C=O) groups excluding carboxylic acids is 1. The van der Waals surface area contributed by atoms with Crippen LogP contribution in [-0.2, 0) is 17.6 Å². The van der Waals surface area contributed by atoms with Crippen molar-refractivity contribution in [2.75, 3.05) is 5.75 Å². The van der Waals surface area contributed by atoms with Gasteiger partial charge in [0.05, 0.1) is 29.1 Å². The number of nitrogens with one attached hydrogen (secondary N) is 1. The maximum absolute atomic E-state index is 14.7. The van der Waals surface area contributed by atoms with E-state index in [1.54, 1.807) is 36.6 Å². The molecule has 4 aromatic rings. The number of thioether (sulfide) groups is 1. The van der Waals surface area contributed by atoms with Gasteiger partial charge in [-0.05, 0) is 62.4 Å². The summed E-state index contributed by atoms with van der Waals surface area (Å²) in [6.45, 7) is 1.83. The molecule has 0 spiro atoms. The maximum atomic E-state index is 14.7. The molecule has 1 unspecified atom stereocenters. The highest BCUT2D eigenvalue weighted by Crippen LogP contribution is 2.35. The van der Waals surface area contributed by atoms with Gasteiger partial charge in [-0.15, -0.1) is 11.3 Å². The van der Waals surface area contributed by atoms with Crippen molar-refractivity contribution < 1.29 is 13.6 Å². The predicted octanol–water partition coefficient (Wildman–Crippen LogP) is 5.03. The topological polar surface area (TPSA) is 77.1 Å². The number of para-hydroxylation sites is 1. The van der Waals surface area contributed by atoms with Gasteiger partial charge in [-0.3, -0.25) is 14.2 Å². The Bertz CT molecular complexity index is 1380. The van der Waals surface area contributed by atoms with E-state index < -0.39 is 5.82 Å². The number of halogens is 1. The van der Waals surface area contributed by atoms with Crippen molar-refractivity contribution in [3.63, 3.8) is 0 Å². The minimum Gasteiger partial charge on any atom is -0.467 e. The number of fused-ring (bicyclic) bond motifs is 3. The monoisotopic (exact) mass is 483 g/mol. The first kappa shape index (κ1) is 21.9. The summed E-state index contributed by atoms with van der Waals surface area (Å²) in [6.07, 6.45) is 5.45. The largest absolute Gasteiger partial charge is 0.467 e. The zero-order chi connectivity index (χ0) is 22.9. The molecule has 5 rings (SSSR count). The summed E-state index contributed by atoms with van der Waals surface area (Å²) < 4.78 is 21.4. The molecule has 0 fully saturated rings. The quantitative estimate of drug-likeness (QED) is 0.308. The van der Waals surface area contributed by atoms with Gasteiger partial charge >= 0.3 is 0 Å². The summed E-state index contributed by atoms with van der Waals surface area (Å²) in [6, 6.07) is 9.42. The van der Waals surface area contributed by atoms with Crippen LogP contribution in [-0.4, -0.2) is 21.2 Å². The van der Waals surface area contributed by atoms with Gasteiger partial charge in [0.25, 0.3) is 5.56 Å². The van der Waals surface area contributed by atoms with Crippen LogP contribution in [0.15, 0.2) is 57.0 Å². The van der Waals surface area contributed by atoms with Crippen molar-refractivity contribution in [2.45, 2.75) is 43.8 Å². The Balaban J connectivity index is 1.52. The number of benzene rings is 1. The van der Waals surface area contributed by atoms with E-state index in [0.29, 0.717) is 21.1 Å². The SMILES string of the molecule is CC(NC(=O)CSc1nc2sc3c(c2c(=O)n1-c1ccccc1F)CCCC3)c1ccco1. The lowest BCUT2D eigenvalue weighted by molar-refractivity contribution is -0.119. The van der Waals surface area contributed by atoms with Crippen LogP contribution in [0.3, 0.4) is 0 Å². The number of hydrogen-bond acceptors (Lipinski definition) is 6. The van der Waals surface area contributed by atoms with Crippen LogP contribution in [0.1, 0.15) is 42.0 Å². The second kappa shape index (κ2) is 9.15. The fraction of sp³-hybridized carbons (Fsp3) is 0.292. The summed E-state index contributed by atoms with van der Waals surface area (Å²) in [5.41, 5.74) is 0.904. The zero-order valence-corrected chi connectivity index (χ0v) is 19.6. The molecule has 0 bridgehead atoms. The zero-order valence-electron chi connectivity index (χ0n) is 18.0. The van der Waals surface area contributed by atoms with E-state index in [2.05, 4.69) is 5.32 Å². The highest BCUT2D eigenvalue weighted by molar-refractivity contribution is 7.99. The van der Waals surface area contributed by atoms with Gasteiger partial charge < -0.3 is 9.73 Å². The number of aromatic nitrogens is 2. The van der Waals surface area contributed by atoms with E-state index >= 15 is 0 Å². The molecule has 6 nitrogen and oxygen atoms in total. The van der Waals surface area contributed by atoms with Crippen LogP contribution in [0.4, 0.5) is 4.39 Å². The van der Waals surface area contributed by atoms with E-state index in [-0.39, 0.29) is 28.9 Å². The van der Waals surface area contributed by atoms with Crippen molar-refractivity contribution in [1.29, 1.82) is 0 Å². The fourth-order valence-corrected chi connectivity index (χ4v) is 6.27. The van der Waals surface area contributed by atoms with Crippen LogP contribution < -0.4 is 10.9 Å². The Labute approximate surface area is 197 Å². The number of amides is 1. The summed E-state index contributed by atoms with van der Waals surface area (Å²) in [5, 5.41) is 3.76. The molecule has 1 aliphatic carbocycles. The molecule has 1 atom stereocenters. The predicted molar refractivity (Wildman–Crippen MR) is 128 cm³/mol. The van der Waals surface area contributed by atoms with E-state index in [4.69, 9.17) is 9.40 Å². The van der Waals surface area contributed by atoms with Crippen LogP contribution in [0, 0.1) is 5.82 Å². The van der Waals surface area contributed by atoms with E-state index in [1.165, 1.54) is 26.8 Å². The lowest BCUT2D eigenvalue weighted by atomic mass is 9.97. The third kappa shape index (κ3) is 4.22. The molecule has 33 heavy (non-hydrogen) atoms. The smallest absolute Gasteiger partial charge is 0.267 e. The van der Waals surface area contributed by atoms with Gasteiger partial charge in [-0.25, -0.2) is 9.37 Å². The number of rotatable bonds is 6. The van der Waals surface area contributed by atoms with Crippen LogP contribution >= 0.6 is 23.1 Å².